The van der Waals surface area contributed by atoms with Gasteiger partial charge in [0.1, 0.15) is 0 Å². The van der Waals surface area contributed by atoms with Crippen molar-refractivity contribution in [3.8, 4) is 0 Å². The van der Waals surface area contributed by atoms with Gasteiger partial charge in [-0.05, 0) is 44.7 Å². The van der Waals surface area contributed by atoms with Gasteiger partial charge in [0.15, 0.2) is 0 Å². The maximum atomic E-state index is 11.8. The van der Waals surface area contributed by atoms with Gasteiger partial charge in [-0.1, -0.05) is 6.92 Å². The van der Waals surface area contributed by atoms with Crippen LogP contribution in [0.15, 0.2) is 0 Å². The van der Waals surface area contributed by atoms with Gasteiger partial charge < -0.3 is 10.6 Å². The molecule has 0 aromatic rings. The maximum absolute atomic E-state index is 11.8. The van der Waals surface area contributed by atoms with Crippen molar-refractivity contribution >= 4 is 5.91 Å². The molecule has 2 rings (SSSR count). The Labute approximate surface area is 104 Å². The second kappa shape index (κ2) is 6.36. The molecule has 2 N–H and O–H groups in total. The second-order valence-corrected chi connectivity index (χ2v) is 5.36. The van der Waals surface area contributed by atoms with Crippen LogP contribution in [-0.2, 0) is 4.79 Å². The fraction of sp³-hybridized carbons (Fsp3) is 0.923. The average molecular weight is 239 g/mol. The number of nitrogens with one attached hydrogen (secondary N) is 2. The highest BCUT2D eigenvalue weighted by Gasteiger charge is 2.25. The number of nitrogens with zero attached hydrogens (tertiary/aromatic N) is 1. The fourth-order valence-electron chi connectivity index (χ4n) is 2.45. The zero-order chi connectivity index (χ0) is 12.1. The Bertz CT molecular complexity index is 247. The van der Waals surface area contributed by atoms with Crippen LogP contribution in [0.2, 0.25) is 0 Å². The first kappa shape index (κ1) is 12.8. The monoisotopic (exact) mass is 239 g/mol. The van der Waals surface area contributed by atoms with Crippen molar-refractivity contribution in [3.05, 3.63) is 0 Å². The van der Waals surface area contributed by atoms with Crippen LogP contribution in [0.4, 0.5) is 0 Å². The van der Waals surface area contributed by atoms with Crippen LogP contribution in [0.3, 0.4) is 0 Å². The molecule has 4 nitrogen and oxygen atoms in total. The van der Waals surface area contributed by atoms with Gasteiger partial charge in [0.25, 0.3) is 0 Å². The van der Waals surface area contributed by atoms with Crippen LogP contribution in [0.25, 0.3) is 0 Å². The van der Waals surface area contributed by atoms with Crippen molar-refractivity contribution in [3.63, 3.8) is 0 Å². The van der Waals surface area contributed by atoms with Crippen molar-refractivity contribution < 1.29 is 4.79 Å². The molecule has 0 bridgehead atoms. The summed E-state index contributed by atoms with van der Waals surface area (Å²) in [6, 6.07) is 0.557. The van der Waals surface area contributed by atoms with Crippen molar-refractivity contribution in [2.75, 3.05) is 32.7 Å². The fourth-order valence-corrected chi connectivity index (χ4v) is 2.45. The van der Waals surface area contributed by atoms with Crippen LogP contribution < -0.4 is 10.6 Å². The summed E-state index contributed by atoms with van der Waals surface area (Å²) in [7, 11) is 0. The lowest BCUT2D eigenvalue weighted by molar-refractivity contribution is -0.122. The Morgan fingerprint density at radius 1 is 1.41 bits per heavy atom. The Hall–Kier alpha value is -0.610. The predicted octanol–water partition coefficient (Wildman–Crippen LogP) is 0.587. The van der Waals surface area contributed by atoms with Crippen LogP contribution in [0, 0.1) is 5.92 Å². The molecule has 0 spiro atoms. The molecule has 17 heavy (non-hydrogen) atoms. The third-order valence-corrected chi connectivity index (χ3v) is 3.69. The van der Waals surface area contributed by atoms with E-state index in [-0.39, 0.29) is 5.91 Å². The molecule has 0 aromatic carbocycles. The predicted molar refractivity (Wildman–Crippen MR) is 68.9 cm³/mol. The van der Waals surface area contributed by atoms with E-state index in [9.17, 15) is 4.79 Å². The van der Waals surface area contributed by atoms with Gasteiger partial charge in [0.2, 0.25) is 5.91 Å². The molecule has 1 unspecified atom stereocenters. The third-order valence-electron chi connectivity index (χ3n) is 3.69. The number of amides is 1. The van der Waals surface area contributed by atoms with Gasteiger partial charge in [-0.25, -0.2) is 0 Å². The average Bonchev–Trinajstić information content (AvgIpc) is 2.99. The van der Waals surface area contributed by atoms with Gasteiger partial charge in [-0.2, -0.15) is 0 Å². The van der Waals surface area contributed by atoms with E-state index in [0.29, 0.717) is 12.6 Å². The molecule has 0 radical (unpaired) electrons. The Morgan fingerprint density at radius 3 is 2.82 bits per heavy atom. The first-order chi connectivity index (χ1) is 8.29. The summed E-state index contributed by atoms with van der Waals surface area (Å²) in [5, 5.41) is 6.43. The molecule has 1 saturated heterocycles. The molecule has 1 aliphatic carbocycles. The van der Waals surface area contributed by atoms with Crippen LogP contribution in [-0.4, -0.2) is 49.6 Å². The SMILES string of the molecule is CCCN(CC(=O)NCC1CC1)C1CCNC1. The molecular formula is C13H25N3O. The van der Waals surface area contributed by atoms with Gasteiger partial charge in [-0.3, -0.25) is 9.69 Å². The molecule has 4 heteroatoms. The summed E-state index contributed by atoms with van der Waals surface area (Å²) >= 11 is 0. The molecular weight excluding hydrogens is 214 g/mol. The van der Waals surface area contributed by atoms with E-state index in [0.717, 1.165) is 38.5 Å². The molecule has 1 amide bonds. The quantitative estimate of drug-likeness (QED) is 0.683. The Kier molecular flexibility index (Phi) is 4.80. The minimum atomic E-state index is 0.206. The number of rotatable bonds is 7. The van der Waals surface area contributed by atoms with Crippen molar-refractivity contribution in [1.29, 1.82) is 0 Å². The number of hydrogen-bond donors (Lipinski definition) is 2. The molecule has 1 atom stereocenters. The van der Waals surface area contributed by atoms with E-state index >= 15 is 0 Å². The largest absolute Gasteiger partial charge is 0.355 e. The van der Waals surface area contributed by atoms with Gasteiger partial charge in [-0.15, -0.1) is 0 Å². The molecule has 98 valence electrons. The third kappa shape index (κ3) is 4.28. The minimum Gasteiger partial charge on any atom is -0.355 e. The molecule has 1 saturated carbocycles. The van der Waals surface area contributed by atoms with E-state index < -0.39 is 0 Å². The zero-order valence-electron chi connectivity index (χ0n) is 10.9. The van der Waals surface area contributed by atoms with Crippen molar-refractivity contribution in [1.82, 2.24) is 15.5 Å². The van der Waals surface area contributed by atoms with Crippen LogP contribution >= 0.6 is 0 Å². The molecule has 2 fully saturated rings. The van der Waals surface area contributed by atoms with Crippen LogP contribution in [0.5, 0.6) is 0 Å². The highest BCUT2D eigenvalue weighted by molar-refractivity contribution is 5.78. The normalized spacial score (nSPS) is 24.2. The van der Waals surface area contributed by atoms with Crippen molar-refractivity contribution in [2.24, 2.45) is 5.92 Å². The smallest absolute Gasteiger partial charge is 0.234 e. The first-order valence-corrected chi connectivity index (χ1v) is 7.01. The zero-order valence-corrected chi connectivity index (χ0v) is 10.9. The Morgan fingerprint density at radius 2 is 2.24 bits per heavy atom. The molecule has 1 aliphatic heterocycles. The van der Waals surface area contributed by atoms with Crippen molar-refractivity contribution in [2.45, 2.75) is 38.6 Å². The summed E-state index contributed by atoms with van der Waals surface area (Å²) in [6.07, 6.45) is 4.89. The lowest BCUT2D eigenvalue weighted by Gasteiger charge is -2.27. The minimum absolute atomic E-state index is 0.206. The van der Waals surface area contributed by atoms with Gasteiger partial charge in [0, 0.05) is 19.1 Å². The Balaban J connectivity index is 1.72. The number of hydrogen-bond acceptors (Lipinski definition) is 3. The highest BCUT2D eigenvalue weighted by atomic mass is 16.2. The summed E-state index contributed by atoms with van der Waals surface area (Å²) in [4.78, 5) is 14.2. The number of carbonyl (C=O) groups excluding carboxylic acids is 1. The standard InChI is InChI=1S/C13H25N3O/c1-2-7-16(12-5-6-14-9-12)10-13(17)15-8-11-3-4-11/h11-12,14H,2-10H2,1H3,(H,15,17). The van der Waals surface area contributed by atoms with E-state index in [1.807, 2.05) is 0 Å². The highest BCUT2D eigenvalue weighted by Crippen LogP contribution is 2.27. The lowest BCUT2D eigenvalue weighted by Crippen LogP contribution is -2.44. The lowest BCUT2D eigenvalue weighted by atomic mass is 10.2. The van der Waals surface area contributed by atoms with E-state index in [1.165, 1.54) is 19.3 Å². The van der Waals surface area contributed by atoms with Gasteiger partial charge in [0.05, 0.1) is 6.54 Å². The molecule has 0 aromatic heterocycles. The summed E-state index contributed by atoms with van der Waals surface area (Å²) in [6.45, 7) is 6.81. The molecule has 2 aliphatic rings. The summed E-state index contributed by atoms with van der Waals surface area (Å²) < 4.78 is 0. The van der Waals surface area contributed by atoms with Gasteiger partial charge >= 0.3 is 0 Å². The summed E-state index contributed by atoms with van der Waals surface area (Å²) in [5.41, 5.74) is 0. The topological polar surface area (TPSA) is 44.4 Å². The van der Waals surface area contributed by atoms with Crippen LogP contribution in [0.1, 0.15) is 32.6 Å². The van der Waals surface area contributed by atoms with E-state index in [4.69, 9.17) is 0 Å². The van der Waals surface area contributed by atoms with E-state index in [2.05, 4.69) is 22.5 Å². The maximum Gasteiger partial charge on any atom is 0.234 e. The number of carbonyl (C=O) groups is 1. The van der Waals surface area contributed by atoms with E-state index in [1.54, 1.807) is 0 Å². The molecule has 1 heterocycles. The second-order valence-electron chi connectivity index (χ2n) is 5.36. The first-order valence-electron chi connectivity index (χ1n) is 7.01. The summed E-state index contributed by atoms with van der Waals surface area (Å²) in [5.74, 6) is 0.976.